The summed E-state index contributed by atoms with van der Waals surface area (Å²) in [5.74, 6) is 0.889. The van der Waals surface area contributed by atoms with Crippen LogP contribution in [-0.4, -0.2) is 6.61 Å². The van der Waals surface area contributed by atoms with Crippen LogP contribution in [0.1, 0.15) is 6.92 Å². The van der Waals surface area contributed by atoms with Crippen molar-refractivity contribution in [3.05, 3.63) is 84.9 Å². The van der Waals surface area contributed by atoms with Gasteiger partial charge in [0.05, 0.1) is 11.5 Å². The molecule has 0 atom stereocenters. The average molecular weight is 374 g/mol. The molecule has 0 bridgehead atoms. The minimum absolute atomic E-state index is 0.671. The van der Waals surface area contributed by atoms with Crippen LogP contribution in [0.5, 0.6) is 5.75 Å². The summed E-state index contributed by atoms with van der Waals surface area (Å²) >= 11 is 1.72. The van der Waals surface area contributed by atoms with Crippen LogP contribution < -0.4 is 15.0 Å². The predicted octanol–water partition coefficient (Wildman–Crippen LogP) is 6.04. The lowest BCUT2D eigenvalue weighted by atomic mass is 10.1. The first kappa shape index (κ1) is 17.3. The van der Waals surface area contributed by atoms with E-state index in [1.165, 1.54) is 10.4 Å². The maximum Gasteiger partial charge on any atom is 0.337 e. The first-order valence-electron chi connectivity index (χ1n) is 9.00. The van der Waals surface area contributed by atoms with E-state index < -0.39 is 0 Å². The number of anilines is 2. The maximum atomic E-state index is 5.58. The standard InChI is InChI=1S/C23H20N2OS/c1-2-26-20-15-13-17(14-16-20)21-22(18-9-5-3-6-10-18)27-23(25-21)24-19-11-7-4-8-12-19/h3-16H,2H2,1H3,(H,24,25)/p+1. The van der Waals surface area contributed by atoms with E-state index in [0.717, 1.165) is 27.8 Å². The number of rotatable bonds is 6. The van der Waals surface area contributed by atoms with Crippen molar-refractivity contribution in [1.29, 1.82) is 0 Å². The molecule has 4 heteroatoms. The molecule has 0 fully saturated rings. The number of ether oxygens (including phenoxy) is 1. The minimum atomic E-state index is 0.671. The van der Waals surface area contributed by atoms with Gasteiger partial charge in [0.15, 0.2) is 5.69 Å². The number of aromatic nitrogens is 1. The van der Waals surface area contributed by atoms with E-state index in [9.17, 15) is 0 Å². The number of nitrogens with one attached hydrogen (secondary N) is 2. The Kier molecular flexibility index (Phi) is 5.17. The third-order valence-electron chi connectivity index (χ3n) is 4.19. The third kappa shape index (κ3) is 4.01. The van der Waals surface area contributed by atoms with Crippen molar-refractivity contribution in [1.82, 2.24) is 0 Å². The zero-order chi connectivity index (χ0) is 18.5. The average Bonchev–Trinajstić information content (AvgIpc) is 3.14. The van der Waals surface area contributed by atoms with Gasteiger partial charge in [-0.2, -0.15) is 0 Å². The van der Waals surface area contributed by atoms with Crippen LogP contribution in [0.15, 0.2) is 84.9 Å². The van der Waals surface area contributed by atoms with Crippen LogP contribution in [0, 0.1) is 0 Å². The third-order valence-corrected chi connectivity index (χ3v) is 5.24. The van der Waals surface area contributed by atoms with E-state index in [4.69, 9.17) is 4.74 Å². The zero-order valence-corrected chi connectivity index (χ0v) is 15.9. The van der Waals surface area contributed by atoms with Crippen LogP contribution in [0.3, 0.4) is 0 Å². The van der Waals surface area contributed by atoms with Gasteiger partial charge in [-0.1, -0.05) is 48.5 Å². The van der Waals surface area contributed by atoms with Gasteiger partial charge >= 0.3 is 5.13 Å². The van der Waals surface area contributed by atoms with Crippen LogP contribution in [0.4, 0.5) is 10.8 Å². The second kappa shape index (κ2) is 8.06. The highest BCUT2D eigenvalue weighted by atomic mass is 32.1. The second-order valence-corrected chi connectivity index (χ2v) is 7.10. The Balaban J connectivity index is 1.74. The summed E-state index contributed by atoms with van der Waals surface area (Å²) in [7, 11) is 0. The van der Waals surface area contributed by atoms with Crippen molar-refractivity contribution in [2.45, 2.75) is 6.92 Å². The van der Waals surface area contributed by atoms with Gasteiger partial charge in [0.25, 0.3) is 0 Å². The lowest BCUT2D eigenvalue weighted by Gasteiger charge is -2.04. The molecule has 134 valence electrons. The number of benzene rings is 3. The van der Waals surface area contributed by atoms with Gasteiger partial charge in [0.1, 0.15) is 11.4 Å². The lowest BCUT2D eigenvalue weighted by Crippen LogP contribution is -2.07. The number of hydrogen-bond donors (Lipinski definition) is 1. The topological polar surface area (TPSA) is 35.4 Å². The molecule has 27 heavy (non-hydrogen) atoms. The molecule has 1 aromatic heterocycles. The molecule has 4 aromatic rings. The van der Waals surface area contributed by atoms with E-state index in [0.29, 0.717) is 6.61 Å². The fourth-order valence-electron chi connectivity index (χ4n) is 2.94. The number of thiazole rings is 1. The Morgan fingerprint density at radius 1 is 0.815 bits per heavy atom. The Morgan fingerprint density at radius 3 is 2.15 bits per heavy atom. The van der Waals surface area contributed by atoms with Gasteiger partial charge in [-0.3, -0.25) is 0 Å². The maximum absolute atomic E-state index is 5.58. The second-order valence-electron chi connectivity index (χ2n) is 6.07. The summed E-state index contributed by atoms with van der Waals surface area (Å²) < 4.78 is 5.58. The van der Waals surface area contributed by atoms with Crippen molar-refractivity contribution < 1.29 is 9.72 Å². The summed E-state index contributed by atoms with van der Waals surface area (Å²) in [6, 6.07) is 28.9. The molecule has 2 N–H and O–H groups in total. The summed E-state index contributed by atoms with van der Waals surface area (Å²) in [4.78, 5) is 4.77. The van der Waals surface area contributed by atoms with Gasteiger partial charge in [0, 0.05) is 5.56 Å². The Labute approximate surface area is 163 Å². The number of aromatic amines is 1. The molecule has 0 amide bonds. The monoisotopic (exact) mass is 373 g/mol. The highest BCUT2D eigenvalue weighted by molar-refractivity contribution is 7.19. The van der Waals surface area contributed by atoms with Crippen molar-refractivity contribution in [2.24, 2.45) is 0 Å². The molecule has 0 aliphatic carbocycles. The first-order chi connectivity index (χ1) is 13.3. The van der Waals surface area contributed by atoms with Crippen LogP contribution in [-0.2, 0) is 0 Å². The molecular formula is C23H21N2OS+. The molecule has 1 heterocycles. The predicted molar refractivity (Wildman–Crippen MR) is 113 cm³/mol. The van der Waals surface area contributed by atoms with Crippen molar-refractivity contribution in [3.63, 3.8) is 0 Å². The molecule has 4 rings (SSSR count). The van der Waals surface area contributed by atoms with Crippen LogP contribution in [0.2, 0.25) is 0 Å². The molecule has 0 unspecified atom stereocenters. The normalized spacial score (nSPS) is 10.6. The largest absolute Gasteiger partial charge is 0.494 e. The van der Waals surface area contributed by atoms with Crippen molar-refractivity contribution in [3.8, 4) is 27.4 Å². The van der Waals surface area contributed by atoms with Crippen LogP contribution >= 0.6 is 11.3 Å². The minimum Gasteiger partial charge on any atom is -0.494 e. The number of hydrogen-bond acceptors (Lipinski definition) is 3. The molecule has 0 saturated heterocycles. The summed E-state index contributed by atoms with van der Waals surface area (Å²) in [5.41, 5.74) is 4.50. The molecule has 3 aromatic carbocycles. The molecule has 0 aliphatic rings. The quantitative estimate of drug-likeness (QED) is 0.447. The van der Waals surface area contributed by atoms with Crippen LogP contribution in [0.25, 0.3) is 21.7 Å². The molecule has 0 aliphatic heterocycles. The van der Waals surface area contributed by atoms with E-state index in [1.54, 1.807) is 11.3 Å². The smallest absolute Gasteiger partial charge is 0.337 e. The molecule has 0 saturated carbocycles. The highest BCUT2D eigenvalue weighted by Gasteiger charge is 2.19. The van der Waals surface area contributed by atoms with Gasteiger partial charge in [-0.25, -0.2) is 10.3 Å². The molecular weight excluding hydrogens is 352 g/mol. The number of para-hydroxylation sites is 1. The van der Waals surface area contributed by atoms with Gasteiger partial charge in [-0.05, 0) is 60.2 Å². The SMILES string of the molecule is CCOc1ccc(-c2[nH+]c(Nc3ccccc3)sc2-c2ccccc2)cc1. The van der Waals surface area contributed by atoms with E-state index in [-0.39, 0.29) is 0 Å². The zero-order valence-electron chi connectivity index (χ0n) is 15.1. The molecule has 0 radical (unpaired) electrons. The molecule has 0 spiro atoms. The fourth-order valence-corrected chi connectivity index (χ4v) is 3.99. The highest BCUT2D eigenvalue weighted by Crippen LogP contribution is 2.37. The van der Waals surface area contributed by atoms with Gasteiger partial charge < -0.3 is 4.74 Å². The Bertz CT molecular complexity index is 996. The first-order valence-corrected chi connectivity index (χ1v) is 9.82. The van der Waals surface area contributed by atoms with Gasteiger partial charge in [-0.15, -0.1) is 0 Å². The number of H-pyrrole nitrogens is 1. The Hall–Kier alpha value is -3.11. The van der Waals surface area contributed by atoms with E-state index in [2.05, 4.69) is 58.8 Å². The van der Waals surface area contributed by atoms with Crippen molar-refractivity contribution >= 4 is 22.2 Å². The fraction of sp³-hybridized carbons (Fsp3) is 0.0870. The lowest BCUT2D eigenvalue weighted by molar-refractivity contribution is -0.340. The summed E-state index contributed by atoms with van der Waals surface area (Å²) in [6.45, 7) is 2.67. The summed E-state index contributed by atoms with van der Waals surface area (Å²) in [5, 5.41) is 4.48. The van der Waals surface area contributed by atoms with Gasteiger partial charge in [0.2, 0.25) is 0 Å². The van der Waals surface area contributed by atoms with E-state index in [1.807, 2.05) is 43.3 Å². The Morgan fingerprint density at radius 2 is 1.48 bits per heavy atom. The summed E-state index contributed by atoms with van der Waals surface area (Å²) in [6.07, 6.45) is 0. The van der Waals surface area contributed by atoms with E-state index >= 15 is 0 Å². The molecule has 3 nitrogen and oxygen atoms in total. The van der Waals surface area contributed by atoms with Crippen molar-refractivity contribution in [2.75, 3.05) is 11.9 Å².